The van der Waals surface area contributed by atoms with E-state index in [1.54, 1.807) is 11.3 Å². The lowest BCUT2D eigenvalue weighted by atomic mass is 10.1. The second kappa shape index (κ2) is 8.60. The minimum Gasteiger partial charge on any atom is -0.491 e. The highest BCUT2D eigenvalue weighted by atomic mass is 32.1. The molecular formula is C22H25N7OS. The van der Waals surface area contributed by atoms with Crippen LogP contribution in [0.4, 0.5) is 5.69 Å². The van der Waals surface area contributed by atoms with Crippen molar-refractivity contribution in [2.24, 2.45) is 0 Å². The Morgan fingerprint density at radius 1 is 1.10 bits per heavy atom. The summed E-state index contributed by atoms with van der Waals surface area (Å²) in [5.41, 5.74) is 3.14. The van der Waals surface area contributed by atoms with Gasteiger partial charge in [0, 0.05) is 37.8 Å². The molecule has 4 aromatic rings. The highest BCUT2D eigenvalue weighted by molar-refractivity contribution is 7.18. The van der Waals surface area contributed by atoms with E-state index in [-0.39, 0.29) is 6.10 Å². The number of hydrogen-bond donors (Lipinski definition) is 1. The summed E-state index contributed by atoms with van der Waals surface area (Å²) in [6.07, 6.45) is 0.120. The van der Waals surface area contributed by atoms with Crippen LogP contribution in [0.3, 0.4) is 0 Å². The lowest BCUT2D eigenvalue weighted by Crippen LogP contribution is -2.46. The van der Waals surface area contributed by atoms with Crippen molar-refractivity contribution in [3.05, 3.63) is 47.5 Å². The molecule has 2 aromatic carbocycles. The Bertz CT molecular complexity index is 1120. The molecule has 0 radical (unpaired) electrons. The smallest absolute Gasteiger partial charge is 0.206 e. The third-order valence-electron chi connectivity index (χ3n) is 5.34. The fraction of sp³-hybridized carbons (Fsp3) is 0.364. The quantitative estimate of drug-likeness (QED) is 0.496. The van der Waals surface area contributed by atoms with Crippen LogP contribution in [-0.2, 0) is 6.54 Å². The zero-order valence-corrected chi connectivity index (χ0v) is 18.5. The fourth-order valence-corrected chi connectivity index (χ4v) is 4.92. The molecule has 31 heavy (non-hydrogen) atoms. The molecule has 0 saturated carbocycles. The summed E-state index contributed by atoms with van der Waals surface area (Å²) in [7, 11) is 0. The molecule has 0 aliphatic carbocycles. The average molecular weight is 436 g/mol. The van der Waals surface area contributed by atoms with E-state index >= 15 is 0 Å². The van der Waals surface area contributed by atoms with Crippen molar-refractivity contribution >= 4 is 27.2 Å². The second-order valence-electron chi connectivity index (χ2n) is 7.92. The summed E-state index contributed by atoms with van der Waals surface area (Å²) >= 11 is 1.79. The number of nitrogens with one attached hydrogen (secondary N) is 1. The number of hydrogen-bond acceptors (Lipinski definition) is 8. The van der Waals surface area contributed by atoms with Crippen molar-refractivity contribution in [3.8, 4) is 17.1 Å². The van der Waals surface area contributed by atoms with Crippen molar-refractivity contribution in [1.29, 1.82) is 0 Å². The van der Waals surface area contributed by atoms with E-state index in [0.717, 1.165) is 55.2 Å². The molecule has 0 bridgehead atoms. The first-order chi connectivity index (χ1) is 15.2. The van der Waals surface area contributed by atoms with E-state index in [1.807, 2.05) is 32.0 Å². The molecular weight excluding hydrogens is 410 g/mol. The molecule has 3 heterocycles. The molecule has 5 rings (SSSR count). The number of thiazole rings is 1. The monoisotopic (exact) mass is 435 g/mol. The van der Waals surface area contributed by atoms with Crippen LogP contribution in [0.5, 0.6) is 5.75 Å². The predicted molar refractivity (Wildman–Crippen MR) is 122 cm³/mol. The molecule has 2 aromatic heterocycles. The maximum absolute atomic E-state index is 5.94. The van der Waals surface area contributed by atoms with E-state index in [9.17, 15) is 0 Å². The minimum absolute atomic E-state index is 0.120. The normalized spacial score (nSPS) is 15.1. The molecule has 1 aliphatic rings. The summed E-state index contributed by atoms with van der Waals surface area (Å²) in [5.74, 6) is 1.46. The number of H-pyrrole nitrogens is 1. The van der Waals surface area contributed by atoms with E-state index in [4.69, 9.17) is 9.72 Å². The fourth-order valence-electron chi connectivity index (χ4n) is 3.91. The Morgan fingerprint density at radius 2 is 1.94 bits per heavy atom. The molecule has 0 spiro atoms. The highest BCUT2D eigenvalue weighted by Gasteiger charge is 2.22. The van der Waals surface area contributed by atoms with E-state index in [1.165, 1.54) is 9.71 Å². The zero-order chi connectivity index (χ0) is 21.2. The van der Waals surface area contributed by atoms with Gasteiger partial charge in [-0.2, -0.15) is 5.21 Å². The molecule has 1 fully saturated rings. The van der Waals surface area contributed by atoms with Crippen molar-refractivity contribution in [3.63, 3.8) is 0 Å². The van der Waals surface area contributed by atoms with Gasteiger partial charge >= 0.3 is 0 Å². The van der Waals surface area contributed by atoms with Crippen molar-refractivity contribution in [1.82, 2.24) is 30.5 Å². The standard InChI is InChI=1S/C22H25N7OS/c1-15(2)30-16-7-8-17(22-24-26-27-25-22)19(13-16)29-11-9-28(10-12-29)14-21-23-18-5-3-4-6-20(18)31-21/h3-8,13,15H,9-12,14H2,1-2H3,(H,24,25,26,27). The second-order valence-corrected chi connectivity index (χ2v) is 9.03. The number of ether oxygens (including phenoxy) is 1. The predicted octanol–water partition coefficient (Wildman–Crippen LogP) is 3.59. The number of anilines is 1. The van der Waals surface area contributed by atoms with Gasteiger partial charge in [0.25, 0.3) is 0 Å². The lowest BCUT2D eigenvalue weighted by molar-refractivity contribution is 0.241. The summed E-state index contributed by atoms with van der Waals surface area (Å²) in [4.78, 5) is 9.64. The number of tetrazole rings is 1. The minimum atomic E-state index is 0.120. The van der Waals surface area contributed by atoms with Gasteiger partial charge in [0.05, 0.1) is 28.6 Å². The van der Waals surface area contributed by atoms with Gasteiger partial charge in [-0.05, 0) is 43.3 Å². The van der Waals surface area contributed by atoms with Gasteiger partial charge in [-0.25, -0.2) is 4.98 Å². The zero-order valence-electron chi connectivity index (χ0n) is 17.7. The summed E-state index contributed by atoms with van der Waals surface area (Å²) < 4.78 is 7.19. The maximum Gasteiger partial charge on any atom is 0.206 e. The molecule has 1 N–H and O–H groups in total. The van der Waals surface area contributed by atoms with Crippen molar-refractivity contribution in [2.75, 3.05) is 31.1 Å². The summed E-state index contributed by atoms with van der Waals surface area (Å²) in [6, 6.07) is 14.4. The van der Waals surface area contributed by atoms with Crippen LogP contribution >= 0.6 is 11.3 Å². The molecule has 0 atom stereocenters. The van der Waals surface area contributed by atoms with Gasteiger partial charge in [0.15, 0.2) is 0 Å². The first-order valence-corrected chi connectivity index (χ1v) is 11.3. The van der Waals surface area contributed by atoms with Crippen LogP contribution in [0.25, 0.3) is 21.6 Å². The van der Waals surface area contributed by atoms with E-state index < -0.39 is 0 Å². The van der Waals surface area contributed by atoms with Crippen LogP contribution in [0.1, 0.15) is 18.9 Å². The van der Waals surface area contributed by atoms with E-state index in [0.29, 0.717) is 5.82 Å². The van der Waals surface area contributed by atoms with Crippen LogP contribution in [0, 0.1) is 0 Å². The van der Waals surface area contributed by atoms with Gasteiger partial charge in [0.2, 0.25) is 5.82 Å². The van der Waals surface area contributed by atoms with Crippen LogP contribution < -0.4 is 9.64 Å². The highest BCUT2D eigenvalue weighted by Crippen LogP contribution is 2.33. The maximum atomic E-state index is 5.94. The lowest BCUT2D eigenvalue weighted by Gasteiger charge is -2.36. The topological polar surface area (TPSA) is 83.1 Å². The number of aromatic nitrogens is 5. The van der Waals surface area contributed by atoms with Gasteiger partial charge in [-0.3, -0.25) is 4.90 Å². The van der Waals surface area contributed by atoms with Gasteiger partial charge in [-0.1, -0.05) is 12.1 Å². The van der Waals surface area contributed by atoms with Crippen LogP contribution in [0.15, 0.2) is 42.5 Å². The van der Waals surface area contributed by atoms with Gasteiger partial charge < -0.3 is 9.64 Å². The number of benzene rings is 2. The Labute approximate surface area is 184 Å². The Kier molecular flexibility index (Phi) is 5.52. The number of aromatic amines is 1. The Morgan fingerprint density at radius 3 is 2.68 bits per heavy atom. The molecule has 0 amide bonds. The molecule has 8 nitrogen and oxygen atoms in total. The van der Waals surface area contributed by atoms with Crippen LogP contribution in [0.2, 0.25) is 0 Å². The van der Waals surface area contributed by atoms with Crippen molar-refractivity contribution < 1.29 is 4.74 Å². The van der Waals surface area contributed by atoms with Crippen LogP contribution in [-0.4, -0.2) is 62.8 Å². The van der Waals surface area contributed by atoms with Gasteiger partial charge in [0.1, 0.15) is 10.8 Å². The van der Waals surface area contributed by atoms with Crippen molar-refractivity contribution in [2.45, 2.75) is 26.5 Å². The third-order valence-corrected chi connectivity index (χ3v) is 6.36. The van der Waals surface area contributed by atoms with Gasteiger partial charge in [-0.15, -0.1) is 21.5 Å². The molecule has 1 aliphatic heterocycles. The summed E-state index contributed by atoms with van der Waals surface area (Å²) in [6.45, 7) is 8.73. The Balaban J connectivity index is 1.32. The first-order valence-electron chi connectivity index (χ1n) is 10.5. The van der Waals surface area contributed by atoms with E-state index in [2.05, 4.69) is 54.7 Å². The molecule has 160 valence electrons. The first kappa shape index (κ1) is 19.9. The average Bonchev–Trinajstić information content (AvgIpc) is 3.43. The Hall–Kier alpha value is -3.04. The summed E-state index contributed by atoms with van der Waals surface area (Å²) in [5, 5.41) is 15.8. The third kappa shape index (κ3) is 4.38. The molecule has 1 saturated heterocycles. The number of para-hydroxylation sites is 1. The molecule has 9 heteroatoms. The number of fused-ring (bicyclic) bond motifs is 1. The largest absolute Gasteiger partial charge is 0.491 e. The number of rotatable bonds is 6. The number of piperazine rings is 1. The SMILES string of the molecule is CC(C)Oc1ccc(-c2nn[nH]n2)c(N2CCN(Cc3nc4ccccc4s3)CC2)c1. The number of nitrogens with zero attached hydrogens (tertiary/aromatic N) is 6. The molecule has 0 unspecified atom stereocenters.